The fourth-order valence-electron chi connectivity index (χ4n) is 2.02. The number of thioether (sulfide) groups is 1. The molecule has 0 radical (unpaired) electrons. The number of amides is 2. The third kappa shape index (κ3) is 3.26. The molecule has 1 aliphatic heterocycles. The second-order valence-corrected chi connectivity index (χ2v) is 6.93. The van der Waals surface area contributed by atoms with Gasteiger partial charge in [-0.25, -0.2) is 0 Å². The smallest absolute Gasteiger partial charge is 0.272 e. The first kappa shape index (κ1) is 13.9. The lowest BCUT2D eigenvalue weighted by Gasteiger charge is -2.37. The van der Waals surface area contributed by atoms with E-state index in [-0.39, 0.29) is 10.7 Å². The lowest BCUT2D eigenvalue weighted by atomic mass is 10.1. The molecule has 2 rings (SSSR count). The number of carbonyl (C=O) groups excluding carboxylic acids is 2. The van der Waals surface area contributed by atoms with Crippen molar-refractivity contribution in [1.82, 2.24) is 9.88 Å². The molecule has 19 heavy (non-hydrogen) atoms. The number of pyridine rings is 1. The third-order valence-corrected chi connectivity index (χ3v) is 4.28. The van der Waals surface area contributed by atoms with Crippen LogP contribution in [-0.4, -0.2) is 45.3 Å². The molecule has 2 amide bonds. The zero-order chi connectivity index (χ0) is 14.0. The number of nitrogens with two attached hydrogens (primary N) is 1. The van der Waals surface area contributed by atoms with Crippen molar-refractivity contribution in [2.75, 3.05) is 18.8 Å². The van der Waals surface area contributed by atoms with Crippen molar-refractivity contribution in [3.63, 3.8) is 0 Å². The van der Waals surface area contributed by atoms with E-state index in [1.807, 2.05) is 16.7 Å². The molecule has 0 aliphatic carbocycles. The Kier molecular flexibility index (Phi) is 3.80. The molecular formula is C13H17N3O2S. The Hall–Kier alpha value is -1.56. The van der Waals surface area contributed by atoms with Crippen molar-refractivity contribution in [2.24, 2.45) is 5.73 Å². The predicted molar refractivity (Wildman–Crippen MR) is 75.2 cm³/mol. The summed E-state index contributed by atoms with van der Waals surface area (Å²) >= 11 is 1.87. The summed E-state index contributed by atoms with van der Waals surface area (Å²) in [7, 11) is 0. The van der Waals surface area contributed by atoms with Crippen LogP contribution >= 0.6 is 11.8 Å². The molecular weight excluding hydrogens is 262 g/mol. The van der Waals surface area contributed by atoms with Gasteiger partial charge in [-0.2, -0.15) is 11.8 Å². The molecule has 1 aliphatic rings. The molecule has 1 fully saturated rings. The van der Waals surface area contributed by atoms with Crippen molar-refractivity contribution in [3.8, 4) is 0 Å². The van der Waals surface area contributed by atoms with Crippen molar-refractivity contribution < 1.29 is 9.59 Å². The third-order valence-electron chi connectivity index (χ3n) is 2.98. The average Bonchev–Trinajstić information content (AvgIpc) is 2.37. The van der Waals surface area contributed by atoms with E-state index in [2.05, 4.69) is 18.8 Å². The van der Waals surface area contributed by atoms with E-state index in [1.54, 1.807) is 6.07 Å². The Labute approximate surface area is 116 Å². The van der Waals surface area contributed by atoms with Gasteiger partial charge in [0.2, 0.25) is 5.91 Å². The van der Waals surface area contributed by atoms with Gasteiger partial charge in [0.05, 0.1) is 5.56 Å². The first-order valence-electron chi connectivity index (χ1n) is 6.08. The minimum Gasteiger partial charge on any atom is -0.366 e. The van der Waals surface area contributed by atoms with Crippen LogP contribution in [0.2, 0.25) is 0 Å². The van der Waals surface area contributed by atoms with Crippen LogP contribution in [-0.2, 0) is 0 Å². The van der Waals surface area contributed by atoms with Crippen LogP contribution in [0.5, 0.6) is 0 Å². The summed E-state index contributed by atoms with van der Waals surface area (Å²) < 4.78 is 0.0705. The Bertz CT molecular complexity index is 499. The molecule has 6 heteroatoms. The molecule has 5 nitrogen and oxygen atoms in total. The van der Waals surface area contributed by atoms with E-state index in [0.717, 1.165) is 12.3 Å². The van der Waals surface area contributed by atoms with Crippen LogP contribution in [0, 0.1) is 0 Å². The first-order valence-corrected chi connectivity index (χ1v) is 7.07. The highest BCUT2D eigenvalue weighted by atomic mass is 32.2. The monoisotopic (exact) mass is 279 g/mol. The lowest BCUT2D eigenvalue weighted by Crippen LogP contribution is -2.46. The highest BCUT2D eigenvalue weighted by Gasteiger charge is 2.30. The number of rotatable bonds is 2. The summed E-state index contributed by atoms with van der Waals surface area (Å²) in [5.41, 5.74) is 5.81. The maximum Gasteiger partial charge on any atom is 0.272 e. The quantitative estimate of drug-likeness (QED) is 0.881. The van der Waals surface area contributed by atoms with E-state index in [4.69, 9.17) is 5.73 Å². The molecule has 102 valence electrons. The minimum atomic E-state index is -0.540. The Balaban J connectivity index is 2.13. The molecule has 0 atom stereocenters. The van der Waals surface area contributed by atoms with Gasteiger partial charge in [-0.3, -0.25) is 14.6 Å². The standard InChI is InChI=1S/C13H17N3O2S/c1-13(2)8-16(5-6-19-13)12(18)10-4-3-9(7-15-10)11(14)17/h3-4,7H,5-6,8H2,1-2H3,(H2,14,17). The number of carbonyl (C=O) groups is 2. The zero-order valence-corrected chi connectivity index (χ0v) is 11.9. The number of hydrogen-bond donors (Lipinski definition) is 1. The predicted octanol–water partition coefficient (Wildman–Crippen LogP) is 1.15. The van der Waals surface area contributed by atoms with Gasteiger partial charge in [-0.05, 0) is 26.0 Å². The summed E-state index contributed by atoms with van der Waals surface area (Å²) in [4.78, 5) is 29.1. The molecule has 1 saturated heterocycles. The van der Waals surface area contributed by atoms with E-state index in [0.29, 0.717) is 17.8 Å². The van der Waals surface area contributed by atoms with Crippen molar-refractivity contribution in [2.45, 2.75) is 18.6 Å². The molecule has 1 aromatic rings. The normalized spacial score (nSPS) is 18.1. The number of hydrogen-bond acceptors (Lipinski definition) is 4. The maximum atomic E-state index is 12.3. The second-order valence-electron chi connectivity index (χ2n) is 5.13. The fourth-order valence-corrected chi connectivity index (χ4v) is 3.13. The van der Waals surface area contributed by atoms with Gasteiger partial charge in [-0.15, -0.1) is 0 Å². The number of aromatic nitrogens is 1. The van der Waals surface area contributed by atoms with Crippen LogP contribution in [0.25, 0.3) is 0 Å². The highest BCUT2D eigenvalue weighted by molar-refractivity contribution is 8.00. The maximum absolute atomic E-state index is 12.3. The molecule has 0 spiro atoms. The minimum absolute atomic E-state index is 0.0705. The SMILES string of the molecule is CC1(C)CN(C(=O)c2ccc(C(N)=O)cn2)CCS1. The van der Waals surface area contributed by atoms with Crippen LogP contribution in [0.4, 0.5) is 0 Å². The van der Waals surface area contributed by atoms with Gasteiger partial charge in [0.15, 0.2) is 0 Å². The van der Waals surface area contributed by atoms with Gasteiger partial charge in [0, 0.05) is 29.8 Å². The van der Waals surface area contributed by atoms with Gasteiger partial charge in [0.1, 0.15) is 5.69 Å². The topological polar surface area (TPSA) is 76.3 Å². The van der Waals surface area contributed by atoms with E-state index in [1.165, 1.54) is 12.3 Å². The van der Waals surface area contributed by atoms with Crippen LogP contribution in [0.1, 0.15) is 34.7 Å². The molecule has 0 aromatic carbocycles. The Morgan fingerprint density at radius 2 is 2.16 bits per heavy atom. The van der Waals surface area contributed by atoms with E-state index in [9.17, 15) is 9.59 Å². The summed E-state index contributed by atoms with van der Waals surface area (Å²) in [6.07, 6.45) is 1.35. The molecule has 0 unspecified atom stereocenters. The lowest BCUT2D eigenvalue weighted by molar-refractivity contribution is 0.0741. The zero-order valence-electron chi connectivity index (χ0n) is 11.0. The average molecular weight is 279 g/mol. The van der Waals surface area contributed by atoms with E-state index >= 15 is 0 Å². The summed E-state index contributed by atoms with van der Waals surface area (Å²) in [6, 6.07) is 3.09. The van der Waals surface area contributed by atoms with Crippen molar-refractivity contribution in [1.29, 1.82) is 0 Å². The van der Waals surface area contributed by atoms with Crippen LogP contribution in [0.3, 0.4) is 0 Å². The summed E-state index contributed by atoms with van der Waals surface area (Å²) in [5.74, 6) is 0.296. The number of nitrogens with zero attached hydrogens (tertiary/aromatic N) is 2. The van der Waals surface area contributed by atoms with Crippen LogP contribution in [0.15, 0.2) is 18.3 Å². The Morgan fingerprint density at radius 3 is 2.68 bits per heavy atom. The van der Waals surface area contributed by atoms with Crippen LogP contribution < -0.4 is 5.73 Å². The van der Waals surface area contributed by atoms with E-state index < -0.39 is 5.91 Å². The van der Waals surface area contributed by atoms with Crippen molar-refractivity contribution in [3.05, 3.63) is 29.6 Å². The largest absolute Gasteiger partial charge is 0.366 e. The summed E-state index contributed by atoms with van der Waals surface area (Å²) in [6.45, 7) is 5.68. The number of primary amides is 1. The summed E-state index contributed by atoms with van der Waals surface area (Å²) in [5, 5.41) is 0. The second kappa shape index (κ2) is 5.21. The van der Waals surface area contributed by atoms with Gasteiger partial charge in [0.25, 0.3) is 5.91 Å². The molecule has 2 N–H and O–H groups in total. The Morgan fingerprint density at radius 1 is 1.42 bits per heavy atom. The molecule has 2 heterocycles. The van der Waals surface area contributed by atoms with Crippen molar-refractivity contribution >= 4 is 23.6 Å². The van der Waals surface area contributed by atoms with Gasteiger partial charge < -0.3 is 10.6 Å². The fraction of sp³-hybridized carbons (Fsp3) is 0.462. The van der Waals surface area contributed by atoms with Gasteiger partial charge >= 0.3 is 0 Å². The molecule has 1 aromatic heterocycles. The molecule has 0 saturated carbocycles. The highest BCUT2D eigenvalue weighted by Crippen LogP contribution is 2.29. The molecule has 0 bridgehead atoms. The van der Waals surface area contributed by atoms with Gasteiger partial charge in [-0.1, -0.05) is 0 Å². The first-order chi connectivity index (χ1) is 8.89.